The molecule has 12 heteroatoms. The standard InChI is InChI=1S/C43H53N9O2S/c1-28-22-31(25-33(23-28)50-55(53,54)36-26-32(15-14-29(36)2)43(10,11)27-41(4,5)6)39-47-40-37(38(42(7,8)9)48-52(40)49-39)46-35-17-16-34(24-30(35)3)51(20-12-18-44)21-13-19-45/h14-17,22-26,50H,12-13,20-21,27H2,1-11H3/b46-37-. The molecule has 1 aromatic heterocycles. The minimum absolute atomic E-state index is 0.0726. The first kappa shape index (κ1) is 40.8. The number of nitrogens with one attached hydrogen (secondary N) is 1. The molecular weight excluding hydrogens is 707 g/mol. The molecule has 11 nitrogen and oxygen atoms in total. The van der Waals surface area contributed by atoms with Crippen molar-refractivity contribution in [2.24, 2.45) is 20.9 Å². The lowest BCUT2D eigenvalue weighted by molar-refractivity contribution is 0.284. The summed E-state index contributed by atoms with van der Waals surface area (Å²) in [6.45, 7) is 23.9. The second-order valence-electron chi connectivity index (χ2n) is 17.4. The van der Waals surface area contributed by atoms with Crippen molar-refractivity contribution in [2.75, 3.05) is 22.7 Å². The molecule has 0 saturated carbocycles. The minimum atomic E-state index is -3.94. The number of rotatable bonds is 12. The van der Waals surface area contributed by atoms with Gasteiger partial charge in [0.15, 0.2) is 5.82 Å². The van der Waals surface area contributed by atoms with Crippen LogP contribution in [-0.4, -0.2) is 47.8 Å². The SMILES string of the molecule is Cc1cc(NS(=O)(=O)c2cc(C(C)(C)CC(C)(C)C)ccc2C)cc(-c2nc3n(n2)N=C(C(C)(C)C)/C3=N/c2ccc(N(CCC#N)CCC#N)cc2C)c1. The Morgan fingerprint density at radius 1 is 0.855 bits per heavy atom. The van der Waals surface area contributed by atoms with Crippen LogP contribution in [0.5, 0.6) is 0 Å². The number of hydrogen-bond acceptors (Lipinski definition) is 9. The highest BCUT2D eigenvalue weighted by atomic mass is 32.2. The van der Waals surface area contributed by atoms with Crippen LogP contribution in [0.2, 0.25) is 0 Å². The number of sulfonamides is 1. The highest BCUT2D eigenvalue weighted by Crippen LogP contribution is 2.38. The number of fused-ring (bicyclic) bond motifs is 1. The van der Waals surface area contributed by atoms with E-state index < -0.39 is 10.0 Å². The van der Waals surface area contributed by atoms with Gasteiger partial charge in [0.1, 0.15) is 5.71 Å². The molecule has 1 N–H and O–H groups in total. The fraction of sp³-hybridized carbons (Fsp3) is 0.442. The summed E-state index contributed by atoms with van der Waals surface area (Å²) in [7, 11) is -3.94. The molecule has 0 amide bonds. The minimum Gasteiger partial charge on any atom is -0.369 e. The van der Waals surface area contributed by atoms with E-state index in [4.69, 9.17) is 30.7 Å². The normalized spacial score (nSPS) is 14.0. The van der Waals surface area contributed by atoms with E-state index in [1.165, 1.54) is 4.79 Å². The number of aromatic nitrogens is 3. The van der Waals surface area contributed by atoms with Crippen molar-refractivity contribution in [3.05, 3.63) is 82.7 Å². The van der Waals surface area contributed by atoms with Crippen molar-refractivity contribution in [3.8, 4) is 23.5 Å². The lowest BCUT2D eigenvalue weighted by Gasteiger charge is -2.33. The number of nitrogens with zero attached hydrogens (tertiary/aromatic N) is 8. The Morgan fingerprint density at radius 3 is 2.13 bits per heavy atom. The number of aryl methyl sites for hydroxylation is 3. The molecule has 3 aromatic carbocycles. The van der Waals surface area contributed by atoms with Gasteiger partial charge in [-0.1, -0.05) is 67.5 Å². The number of nitriles is 2. The molecular formula is C43H53N9O2S. The second kappa shape index (κ2) is 15.4. The van der Waals surface area contributed by atoms with Gasteiger partial charge in [0, 0.05) is 35.4 Å². The zero-order valence-corrected chi connectivity index (χ0v) is 34.9. The summed E-state index contributed by atoms with van der Waals surface area (Å²) in [5.41, 5.74) is 6.93. The predicted molar refractivity (Wildman–Crippen MR) is 222 cm³/mol. The molecule has 0 fully saturated rings. The van der Waals surface area contributed by atoms with Gasteiger partial charge in [0.05, 0.1) is 41.3 Å². The van der Waals surface area contributed by atoms with E-state index in [9.17, 15) is 8.42 Å². The summed E-state index contributed by atoms with van der Waals surface area (Å²) >= 11 is 0. The van der Waals surface area contributed by atoms with Crippen LogP contribution in [-0.2, 0) is 15.4 Å². The highest BCUT2D eigenvalue weighted by molar-refractivity contribution is 7.92. The van der Waals surface area contributed by atoms with E-state index in [0.29, 0.717) is 60.1 Å². The molecule has 5 rings (SSSR count). The van der Waals surface area contributed by atoms with Crippen molar-refractivity contribution >= 4 is 38.5 Å². The maximum atomic E-state index is 14.0. The lowest BCUT2D eigenvalue weighted by Crippen LogP contribution is -2.27. The highest BCUT2D eigenvalue weighted by Gasteiger charge is 2.35. The Hall–Kier alpha value is -5.33. The van der Waals surface area contributed by atoms with Crippen LogP contribution in [0.1, 0.15) is 103 Å². The van der Waals surface area contributed by atoms with Crippen molar-refractivity contribution in [3.63, 3.8) is 0 Å². The van der Waals surface area contributed by atoms with Crippen molar-refractivity contribution in [1.29, 1.82) is 10.5 Å². The predicted octanol–water partition coefficient (Wildman–Crippen LogP) is 9.40. The first-order valence-electron chi connectivity index (χ1n) is 18.6. The lowest BCUT2D eigenvalue weighted by atomic mass is 9.72. The van der Waals surface area contributed by atoms with E-state index in [-0.39, 0.29) is 21.1 Å². The summed E-state index contributed by atoms with van der Waals surface area (Å²) in [5, 5.41) is 27.9. The summed E-state index contributed by atoms with van der Waals surface area (Å²) in [6, 6.07) is 21.5. The van der Waals surface area contributed by atoms with Gasteiger partial charge in [-0.3, -0.25) is 4.72 Å². The maximum absolute atomic E-state index is 14.0. The van der Waals surface area contributed by atoms with Gasteiger partial charge >= 0.3 is 0 Å². The molecule has 0 atom stereocenters. The first-order valence-corrected chi connectivity index (χ1v) is 20.1. The third-order valence-corrected chi connectivity index (χ3v) is 11.0. The van der Waals surface area contributed by atoms with Crippen LogP contribution in [0.15, 0.2) is 69.6 Å². The van der Waals surface area contributed by atoms with Gasteiger partial charge in [0.2, 0.25) is 5.82 Å². The largest absolute Gasteiger partial charge is 0.369 e. The van der Waals surface area contributed by atoms with Crippen LogP contribution in [0.4, 0.5) is 17.1 Å². The van der Waals surface area contributed by atoms with E-state index in [2.05, 4.69) is 72.3 Å². The number of anilines is 2. The van der Waals surface area contributed by atoms with Gasteiger partial charge in [0.25, 0.3) is 10.0 Å². The average molecular weight is 760 g/mol. The third-order valence-electron chi connectivity index (χ3n) is 9.52. The molecule has 0 unspecified atom stereocenters. The smallest absolute Gasteiger partial charge is 0.262 e. The summed E-state index contributed by atoms with van der Waals surface area (Å²) in [5.74, 6) is 0.880. The number of aliphatic imine (C=N–C) groups is 1. The molecule has 0 spiro atoms. The fourth-order valence-electron chi connectivity index (χ4n) is 7.24. The molecule has 4 aromatic rings. The van der Waals surface area contributed by atoms with Crippen LogP contribution in [0, 0.1) is 54.3 Å². The molecule has 0 radical (unpaired) electrons. The summed E-state index contributed by atoms with van der Waals surface area (Å²) < 4.78 is 30.8. The van der Waals surface area contributed by atoms with E-state index in [1.54, 1.807) is 12.1 Å². The second-order valence-corrected chi connectivity index (χ2v) is 19.0. The van der Waals surface area contributed by atoms with E-state index in [0.717, 1.165) is 40.2 Å². The Morgan fingerprint density at radius 2 is 1.53 bits per heavy atom. The molecule has 0 aliphatic carbocycles. The monoisotopic (exact) mass is 759 g/mol. The number of hydrogen-bond donors (Lipinski definition) is 1. The van der Waals surface area contributed by atoms with Crippen LogP contribution < -0.4 is 9.62 Å². The van der Waals surface area contributed by atoms with Crippen molar-refractivity contribution in [1.82, 2.24) is 14.9 Å². The van der Waals surface area contributed by atoms with Gasteiger partial charge in [-0.15, -0.1) is 9.89 Å². The molecule has 2 heterocycles. The first-order chi connectivity index (χ1) is 25.6. The van der Waals surface area contributed by atoms with Gasteiger partial charge in [-0.05, 0) is 103 Å². The molecule has 0 bridgehead atoms. The Kier molecular flexibility index (Phi) is 11.5. The van der Waals surface area contributed by atoms with Crippen LogP contribution in [0.25, 0.3) is 11.4 Å². The fourth-order valence-corrected chi connectivity index (χ4v) is 8.55. The quantitative estimate of drug-likeness (QED) is 0.151. The third kappa shape index (κ3) is 9.49. The van der Waals surface area contributed by atoms with E-state index >= 15 is 0 Å². The molecule has 1 aliphatic heterocycles. The Balaban J connectivity index is 1.49. The average Bonchev–Trinajstić information content (AvgIpc) is 3.63. The molecule has 0 saturated heterocycles. The zero-order chi connectivity index (χ0) is 40.5. The van der Waals surface area contributed by atoms with E-state index in [1.807, 2.05) is 68.1 Å². The molecule has 1 aliphatic rings. The van der Waals surface area contributed by atoms with Gasteiger partial charge in [-0.25, -0.2) is 18.4 Å². The Labute approximate surface area is 326 Å². The zero-order valence-electron chi connectivity index (χ0n) is 34.0. The maximum Gasteiger partial charge on any atom is 0.262 e. The van der Waals surface area contributed by atoms with Crippen molar-refractivity contribution in [2.45, 2.75) is 106 Å². The van der Waals surface area contributed by atoms with Gasteiger partial charge < -0.3 is 4.90 Å². The Bertz CT molecular complexity index is 2340. The van der Waals surface area contributed by atoms with Crippen molar-refractivity contribution < 1.29 is 8.42 Å². The summed E-state index contributed by atoms with van der Waals surface area (Å²) in [4.78, 5) is 13.8. The molecule has 55 heavy (non-hydrogen) atoms. The molecule has 288 valence electrons. The van der Waals surface area contributed by atoms with Gasteiger partial charge in [-0.2, -0.15) is 15.6 Å². The topological polar surface area (TPSA) is 152 Å². The summed E-state index contributed by atoms with van der Waals surface area (Å²) in [6.07, 6.45) is 1.61. The van der Waals surface area contributed by atoms with Crippen LogP contribution >= 0.6 is 0 Å². The number of benzene rings is 3. The van der Waals surface area contributed by atoms with Crippen LogP contribution in [0.3, 0.4) is 0 Å².